The molecule has 0 spiro atoms. The van der Waals surface area contributed by atoms with Crippen molar-refractivity contribution in [3.05, 3.63) is 55.1 Å². The van der Waals surface area contributed by atoms with E-state index in [1.54, 1.807) is 0 Å². The van der Waals surface area contributed by atoms with Crippen LogP contribution in [0.2, 0.25) is 0 Å². The van der Waals surface area contributed by atoms with Crippen molar-refractivity contribution in [2.75, 3.05) is 4.90 Å². The predicted octanol–water partition coefficient (Wildman–Crippen LogP) is 3.36. The van der Waals surface area contributed by atoms with Gasteiger partial charge in [-0.25, -0.2) is 4.90 Å². The highest BCUT2D eigenvalue weighted by atomic mass is 16.2. The van der Waals surface area contributed by atoms with Crippen LogP contribution in [0.25, 0.3) is 0 Å². The van der Waals surface area contributed by atoms with Crippen molar-refractivity contribution in [1.82, 2.24) is 0 Å². The van der Waals surface area contributed by atoms with E-state index in [0.717, 1.165) is 24.1 Å². The molecule has 1 heterocycles. The molecule has 1 aromatic rings. The quantitative estimate of drug-likeness (QED) is 0.631. The Morgan fingerprint density at radius 1 is 1.09 bits per heavy atom. The average Bonchev–Trinajstić information content (AvgIpc) is 3.04. The molecule has 0 N–H and O–H groups in total. The molecule has 3 heteroatoms. The zero-order valence-electron chi connectivity index (χ0n) is 12.9. The lowest BCUT2D eigenvalue weighted by Gasteiger charge is -2.21. The lowest BCUT2D eigenvalue weighted by atomic mass is 9.89. The Kier molecular flexibility index (Phi) is 3.73. The lowest BCUT2D eigenvalue weighted by Crippen LogP contribution is -2.34. The second kappa shape index (κ2) is 5.56. The van der Waals surface area contributed by atoms with E-state index in [0.29, 0.717) is 0 Å². The van der Waals surface area contributed by atoms with Gasteiger partial charge in [-0.3, -0.25) is 9.59 Å². The molecule has 1 aromatic carbocycles. The van der Waals surface area contributed by atoms with Gasteiger partial charge < -0.3 is 0 Å². The van der Waals surface area contributed by atoms with E-state index in [-0.39, 0.29) is 35.5 Å². The molecule has 1 aliphatic carbocycles. The highest BCUT2D eigenvalue weighted by Gasteiger charge is 2.57. The van der Waals surface area contributed by atoms with Gasteiger partial charge in [-0.2, -0.15) is 0 Å². The van der Waals surface area contributed by atoms with Crippen molar-refractivity contribution in [2.24, 2.45) is 23.7 Å². The monoisotopic (exact) mass is 295 g/mol. The van der Waals surface area contributed by atoms with E-state index in [9.17, 15) is 9.59 Å². The maximum absolute atomic E-state index is 12.9. The summed E-state index contributed by atoms with van der Waals surface area (Å²) in [5.41, 5.74) is 1.76. The molecule has 4 atom stereocenters. The van der Waals surface area contributed by atoms with Crippen LogP contribution in [0.3, 0.4) is 0 Å². The number of carbonyl (C=O) groups is 2. The number of nitrogens with zero attached hydrogens (tertiary/aromatic N) is 1. The van der Waals surface area contributed by atoms with Crippen LogP contribution < -0.4 is 4.90 Å². The molecule has 0 radical (unpaired) electrons. The smallest absolute Gasteiger partial charge is 0.238 e. The molecule has 1 saturated carbocycles. The second-order valence-electron chi connectivity index (χ2n) is 6.08. The van der Waals surface area contributed by atoms with Crippen molar-refractivity contribution in [2.45, 2.75) is 19.8 Å². The molecule has 22 heavy (non-hydrogen) atoms. The number of hydrogen-bond acceptors (Lipinski definition) is 2. The zero-order valence-corrected chi connectivity index (χ0v) is 12.9. The molecule has 2 amide bonds. The van der Waals surface area contributed by atoms with E-state index in [1.165, 1.54) is 4.90 Å². The summed E-state index contributed by atoms with van der Waals surface area (Å²) in [5.74, 6) is -0.599. The van der Waals surface area contributed by atoms with Crippen molar-refractivity contribution >= 4 is 17.5 Å². The summed E-state index contributed by atoms with van der Waals surface area (Å²) in [6, 6.07) is 7.65. The Balaban J connectivity index is 2.05. The lowest BCUT2D eigenvalue weighted by molar-refractivity contribution is -0.123. The second-order valence-corrected chi connectivity index (χ2v) is 6.08. The molecule has 3 nitrogen and oxygen atoms in total. The number of aryl methyl sites for hydroxylation is 1. The van der Waals surface area contributed by atoms with Gasteiger partial charge in [0.25, 0.3) is 0 Å². The van der Waals surface area contributed by atoms with Crippen molar-refractivity contribution < 1.29 is 9.59 Å². The summed E-state index contributed by atoms with van der Waals surface area (Å²) in [6.45, 7) is 9.72. The van der Waals surface area contributed by atoms with Crippen molar-refractivity contribution in [1.29, 1.82) is 0 Å². The van der Waals surface area contributed by atoms with Crippen LogP contribution in [0.4, 0.5) is 5.69 Å². The van der Waals surface area contributed by atoms with E-state index < -0.39 is 0 Å². The van der Waals surface area contributed by atoms with Crippen LogP contribution in [-0.2, 0) is 16.0 Å². The maximum atomic E-state index is 12.9. The van der Waals surface area contributed by atoms with Crippen molar-refractivity contribution in [3.8, 4) is 0 Å². The highest BCUT2D eigenvalue weighted by molar-refractivity contribution is 6.23. The van der Waals surface area contributed by atoms with Crippen LogP contribution in [0.15, 0.2) is 49.6 Å². The molecule has 2 fully saturated rings. The molecule has 0 bridgehead atoms. The Bertz CT molecular complexity index is 617. The third-order valence-corrected chi connectivity index (χ3v) is 5.08. The van der Waals surface area contributed by atoms with Crippen LogP contribution in [-0.4, -0.2) is 11.8 Å². The first-order valence-corrected chi connectivity index (χ1v) is 7.84. The summed E-state index contributed by atoms with van der Waals surface area (Å²) in [4.78, 5) is 27.2. The fourth-order valence-corrected chi connectivity index (χ4v) is 3.97. The molecule has 4 unspecified atom stereocenters. The Morgan fingerprint density at radius 3 is 2.14 bits per heavy atom. The number of anilines is 1. The van der Waals surface area contributed by atoms with Gasteiger partial charge in [-0.05, 0) is 36.3 Å². The van der Waals surface area contributed by atoms with Crippen LogP contribution >= 0.6 is 0 Å². The Hall–Kier alpha value is -2.16. The van der Waals surface area contributed by atoms with Gasteiger partial charge in [0.2, 0.25) is 11.8 Å². The normalized spacial score (nSPS) is 30.5. The molecule has 3 rings (SSSR count). The number of rotatable bonds is 4. The van der Waals surface area contributed by atoms with E-state index in [4.69, 9.17) is 0 Å². The molecule has 1 saturated heterocycles. The third kappa shape index (κ3) is 1.96. The average molecular weight is 295 g/mol. The number of hydrogen-bond donors (Lipinski definition) is 0. The third-order valence-electron chi connectivity index (χ3n) is 5.08. The van der Waals surface area contributed by atoms with Gasteiger partial charge in [0.1, 0.15) is 0 Å². The summed E-state index contributed by atoms with van der Waals surface area (Å²) in [5, 5.41) is 0. The fourth-order valence-electron chi connectivity index (χ4n) is 3.97. The fraction of sp³-hybridized carbons (Fsp3) is 0.368. The first kappa shape index (κ1) is 14.8. The van der Waals surface area contributed by atoms with Crippen LogP contribution in [0.1, 0.15) is 18.9 Å². The number of allylic oxidation sites excluding steroid dienone is 2. The first-order valence-electron chi connectivity index (χ1n) is 7.84. The topological polar surface area (TPSA) is 37.4 Å². The molecule has 114 valence electrons. The standard InChI is InChI=1S/C19H21NO2/c1-4-12-9-7-8-10-15(12)20-18(21)16-13(5-2)11-14(6-3)17(16)19(20)22/h5-10,13-14,16-17H,2-4,11H2,1H3. The van der Waals surface area contributed by atoms with Crippen LogP contribution in [0, 0.1) is 23.7 Å². The number of imide groups is 1. The maximum Gasteiger partial charge on any atom is 0.238 e. The van der Waals surface area contributed by atoms with Gasteiger partial charge >= 0.3 is 0 Å². The predicted molar refractivity (Wildman–Crippen MR) is 87.3 cm³/mol. The summed E-state index contributed by atoms with van der Waals surface area (Å²) in [7, 11) is 0. The number of fused-ring (bicyclic) bond motifs is 1. The van der Waals surface area contributed by atoms with Crippen molar-refractivity contribution in [3.63, 3.8) is 0 Å². The molecular weight excluding hydrogens is 274 g/mol. The first-order chi connectivity index (χ1) is 10.6. The van der Waals surface area contributed by atoms with Gasteiger partial charge in [0, 0.05) is 0 Å². The molecule has 1 aliphatic heterocycles. The summed E-state index contributed by atoms with van der Waals surface area (Å²) < 4.78 is 0. The molecule has 2 aliphatic rings. The van der Waals surface area contributed by atoms with Gasteiger partial charge in [-0.15, -0.1) is 13.2 Å². The Labute approximate surface area is 131 Å². The number of amides is 2. The van der Waals surface area contributed by atoms with Gasteiger partial charge in [0.05, 0.1) is 17.5 Å². The van der Waals surface area contributed by atoms with E-state index >= 15 is 0 Å². The number of carbonyl (C=O) groups excluding carboxylic acids is 2. The number of benzene rings is 1. The highest BCUT2D eigenvalue weighted by Crippen LogP contribution is 2.49. The SMILES string of the molecule is C=CC1CC(C=C)C2C(=O)N(c3ccccc3CC)C(=O)C12. The number of para-hydroxylation sites is 1. The Morgan fingerprint density at radius 2 is 1.64 bits per heavy atom. The van der Waals surface area contributed by atoms with Crippen LogP contribution in [0.5, 0.6) is 0 Å². The van der Waals surface area contributed by atoms with Gasteiger partial charge in [0.15, 0.2) is 0 Å². The molecule has 0 aromatic heterocycles. The minimum atomic E-state index is -0.280. The van der Waals surface area contributed by atoms with E-state index in [2.05, 4.69) is 13.2 Å². The summed E-state index contributed by atoms with van der Waals surface area (Å²) in [6.07, 6.45) is 5.23. The largest absolute Gasteiger partial charge is 0.274 e. The summed E-state index contributed by atoms with van der Waals surface area (Å²) >= 11 is 0. The van der Waals surface area contributed by atoms with E-state index in [1.807, 2.05) is 43.3 Å². The molecular formula is C19H21NO2. The van der Waals surface area contributed by atoms with Gasteiger partial charge in [-0.1, -0.05) is 37.3 Å². The minimum Gasteiger partial charge on any atom is -0.274 e. The zero-order chi connectivity index (χ0) is 15.9. The minimum absolute atomic E-state index is 0.0586.